The van der Waals surface area contributed by atoms with Gasteiger partial charge in [-0.15, -0.1) is 0 Å². The Morgan fingerprint density at radius 1 is 0.957 bits per heavy atom. The maximum absolute atomic E-state index is 10.6. The van der Waals surface area contributed by atoms with E-state index in [0.717, 1.165) is 11.3 Å². The van der Waals surface area contributed by atoms with Gasteiger partial charge in [-0.1, -0.05) is 48.6 Å². The predicted molar refractivity (Wildman–Crippen MR) is 88.5 cm³/mol. The Morgan fingerprint density at radius 2 is 1.61 bits per heavy atom. The normalized spacial score (nSPS) is 16.8. The number of carbonyl (C=O) groups is 1. The standard InChI is InChI=1S/C10H8O3.C9H8O/c11-10(12)9-6-5-7-3-1-2-4-8(7)13-9;1-2-6-9-8(4-1)5-3-7-10-9/h1-6,9H,(H,11,12);1-6H,7H2. The van der Waals surface area contributed by atoms with Crippen molar-refractivity contribution < 1.29 is 19.4 Å². The van der Waals surface area contributed by atoms with Crippen molar-refractivity contribution in [3.8, 4) is 11.5 Å². The molecule has 2 heterocycles. The summed E-state index contributed by atoms with van der Waals surface area (Å²) < 4.78 is 10.5. The van der Waals surface area contributed by atoms with Crippen LogP contribution >= 0.6 is 0 Å². The van der Waals surface area contributed by atoms with Crippen molar-refractivity contribution in [2.45, 2.75) is 6.10 Å². The van der Waals surface area contributed by atoms with Crippen LogP contribution in [0, 0.1) is 0 Å². The summed E-state index contributed by atoms with van der Waals surface area (Å²) in [5.74, 6) is 0.646. The molecule has 4 rings (SSSR count). The number of rotatable bonds is 1. The summed E-state index contributed by atoms with van der Waals surface area (Å²) in [6.45, 7) is 0.705. The molecule has 1 N–H and O–H groups in total. The molecule has 2 aromatic carbocycles. The zero-order chi connectivity index (χ0) is 16.1. The lowest BCUT2D eigenvalue weighted by molar-refractivity contribution is -0.142. The molecule has 2 aromatic rings. The number of carboxylic acid groups (broad SMARTS) is 1. The van der Waals surface area contributed by atoms with E-state index in [0.29, 0.717) is 12.4 Å². The summed E-state index contributed by atoms with van der Waals surface area (Å²) in [7, 11) is 0. The van der Waals surface area contributed by atoms with Gasteiger partial charge in [0.15, 0.2) is 0 Å². The smallest absolute Gasteiger partial charge is 0.349 e. The topological polar surface area (TPSA) is 55.8 Å². The Balaban J connectivity index is 0.000000140. The summed E-state index contributed by atoms with van der Waals surface area (Å²) in [4.78, 5) is 10.6. The minimum absolute atomic E-state index is 0.623. The highest BCUT2D eigenvalue weighted by Gasteiger charge is 2.20. The van der Waals surface area contributed by atoms with E-state index < -0.39 is 12.1 Å². The van der Waals surface area contributed by atoms with Crippen LogP contribution in [0.1, 0.15) is 11.1 Å². The third-order valence-corrected chi connectivity index (χ3v) is 3.42. The van der Waals surface area contributed by atoms with Crippen molar-refractivity contribution in [3.63, 3.8) is 0 Å². The molecule has 1 unspecified atom stereocenters. The zero-order valence-electron chi connectivity index (χ0n) is 12.4. The summed E-state index contributed by atoms with van der Waals surface area (Å²) in [6.07, 6.45) is 6.54. The van der Waals surface area contributed by atoms with E-state index in [1.807, 2.05) is 48.5 Å². The number of carboxylic acids is 1. The number of benzene rings is 2. The van der Waals surface area contributed by atoms with Crippen molar-refractivity contribution >= 4 is 18.1 Å². The fourth-order valence-electron chi connectivity index (χ4n) is 2.29. The quantitative estimate of drug-likeness (QED) is 0.874. The molecule has 2 aliphatic heterocycles. The number of para-hydroxylation sites is 2. The van der Waals surface area contributed by atoms with E-state index in [2.05, 4.69) is 6.08 Å². The second kappa shape index (κ2) is 6.83. The zero-order valence-corrected chi connectivity index (χ0v) is 12.4. The molecule has 116 valence electrons. The highest BCUT2D eigenvalue weighted by molar-refractivity contribution is 5.78. The van der Waals surface area contributed by atoms with E-state index in [1.165, 1.54) is 11.6 Å². The largest absolute Gasteiger partial charge is 0.489 e. The molecule has 1 atom stereocenters. The van der Waals surface area contributed by atoms with E-state index in [4.69, 9.17) is 14.6 Å². The molecular formula is C19H16O4. The molecule has 0 bridgehead atoms. The summed E-state index contributed by atoms with van der Waals surface area (Å²) in [5, 5.41) is 8.69. The van der Waals surface area contributed by atoms with Gasteiger partial charge >= 0.3 is 5.97 Å². The van der Waals surface area contributed by atoms with Gasteiger partial charge in [-0.25, -0.2) is 4.79 Å². The first-order valence-electron chi connectivity index (χ1n) is 7.29. The van der Waals surface area contributed by atoms with E-state index in [-0.39, 0.29) is 0 Å². The predicted octanol–water partition coefficient (Wildman–Crippen LogP) is 3.64. The van der Waals surface area contributed by atoms with Crippen LogP contribution in [0.5, 0.6) is 11.5 Å². The molecule has 0 spiro atoms. The van der Waals surface area contributed by atoms with Gasteiger partial charge in [-0.05, 0) is 24.3 Å². The molecule has 0 radical (unpaired) electrons. The second-order valence-corrected chi connectivity index (χ2v) is 5.02. The highest BCUT2D eigenvalue weighted by atomic mass is 16.5. The first kappa shape index (κ1) is 14.9. The lowest BCUT2D eigenvalue weighted by Crippen LogP contribution is -2.26. The SMILES string of the molecule is C1=Cc2ccccc2OC1.O=C(O)C1C=Cc2ccccc2O1. The molecule has 0 aromatic heterocycles. The molecule has 4 heteroatoms. The van der Waals surface area contributed by atoms with Gasteiger partial charge in [0.1, 0.15) is 18.1 Å². The Morgan fingerprint density at radius 3 is 2.30 bits per heavy atom. The highest BCUT2D eigenvalue weighted by Crippen LogP contribution is 2.25. The van der Waals surface area contributed by atoms with Crippen LogP contribution in [0.15, 0.2) is 60.7 Å². The van der Waals surface area contributed by atoms with Gasteiger partial charge in [0.2, 0.25) is 6.10 Å². The molecule has 0 aliphatic carbocycles. The Bertz CT molecular complexity index is 761. The van der Waals surface area contributed by atoms with Crippen LogP contribution in [-0.4, -0.2) is 23.8 Å². The summed E-state index contributed by atoms with van der Waals surface area (Å²) in [6, 6.07) is 15.4. The van der Waals surface area contributed by atoms with Crippen molar-refractivity contribution in [2.75, 3.05) is 6.61 Å². The molecule has 0 saturated carbocycles. The summed E-state index contributed by atoms with van der Waals surface area (Å²) in [5.41, 5.74) is 2.09. The van der Waals surface area contributed by atoms with Gasteiger partial charge in [-0.2, -0.15) is 0 Å². The number of ether oxygens (including phenoxy) is 2. The fourth-order valence-corrected chi connectivity index (χ4v) is 2.29. The van der Waals surface area contributed by atoms with Gasteiger partial charge in [0.05, 0.1) is 0 Å². The third-order valence-electron chi connectivity index (χ3n) is 3.42. The Hall–Kier alpha value is -3.01. The maximum atomic E-state index is 10.6. The van der Waals surface area contributed by atoms with Crippen molar-refractivity contribution in [2.24, 2.45) is 0 Å². The van der Waals surface area contributed by atoms with Gasteiger partial charge in [0.25, 0.3) is 0 Å². The lowest BCUT2D eigenvalue weighted by Gasteiger charge is -2.17. The summed E-state index contributed by atoms with van der Waals surface area (Å²) >= 11 is 0. The molecular weight excluding hydrogens is 292 g/mol. The number of hydrogen-bond donors (Lipinski definition) is 1. The molecule has 0 fully saturated rings. The van der Waals surface area contributed by atoms with Crippen molar-refractivity contribution in [3.05, 3.63) is 71.8 Å². The van der Waals surface area contributed by atoms with Crippen LogP contribution in [0.3, 0.4) is 0 Å². The molecule has 0 amide bonds. The molecule has 2 aliphatic rings. The second-order valence-electron chi connectivity index (χ2n) is 5.02. The van der Waals surface area contributed by atoms with Crippen LogP contribution < -0.4 is 9.47 Å². The average Bonchev–Trinajstić information content (AvgIpc) is 2.62. The van der Waals surface area contributed by atoms with Crippen molar-refractivity contribution in [1.82, 2.24) is 0 Å². The lowest BCUT2D eigenvalue weighted by atomic mass is 10.1. The first-order valence-corrected chi connectivity index (χ1v) is 7.29. The fraction of sp³-hybridized carbons (Fsp3) is 0.105. The van der Waals surface area contributed by atoms with Crippen LogP contribution in [-0.2, 0) is 4.79 Å². The molecule has 23 heavy (non-hydrogen) atoms. The van der Waals surface area contributed by atoms with E-state index in [9.17, 15) is 4.79 Å². The van der Waals surface area contributed by atoms with Crippen LogP contribution in [0.25, 0.3) is 12.2 Å². The van der Waals surface area contributed by atoms with Crippen molar-refractivity contribution in [1.29, 1.82) is 0 Å². The van der Waals surface area contributed by atoms with Gasteiger partial charge in [-0.3, -0.25) is 0 Å². The average molecular weight is 308 g/mol. The number of hydrogen-bond acceptors (Lipinski definition) is 3. The monoisotopic (exact) mass is 308 g/mol. The van der Waals surface area contributed by atoms with Crippen LogP contribution in [0.2, 0.25) is 0 Å². The Kier molecular flexibility index (Phi) is 4.43. The minimum Gasteiger partial charge on any atom is -0.489 e. The maximum Gasteiger partial charge on any atom is 0.349 e. The minimum atomic E-state index is -0.967. The Labute approximate surface area is 134 Å². The first-order chi connectivity index (χ1) is 11.2. The van der Waals surface area contributed by atoms with Gasteiger partial charge < -0.3 is 14.6 Å². The number of fused-ring (bicyclic) bond motifs is 2. The van der Waals surface area contributed by atoms with E-state index >= 15 is 0 Å². The van der Waals surface area contributed by atoms with Crippen LogP contribution in [0.4, 0.5) is 0 Å². The number of aliphatic carboxylic acids is 1. The van der Waals surface area contributed by atoms with Gasteiger partial charge in [0, 0.05) is 11.1 Å². The molecule has 4 nitrogen and oxygen atoms in total. The molecule has 0 saturated heterocycles. The third kappa shape index (κ3) is 3.61. The van der Waals surface area contributed by atoms with E-state index in [1.54, 1.807) is 12.1 Å².